The predicted octanol–water partition coefficient (Wildman–Crippen LogP) is 3.28. The number of allylic oxidation sites excluding steroid dienone is 1. The van der Waals surface area contributed by atoms with Crippen molar-refractivity contribution < 1.29 is 19.1 Å². The van der Waals surface area contributed by atoms with E-state index in [9.17, 15) is 9.59 Å². The molecular formula is C17H22O4. The Morgan fingerprint density at radius 1 is 1.14 bits per heavy atom. The maximum Gasteiger partial charge on any atom is 0.339 e. The van der Waals surface area contributed by atoms with Gasteiger partial charge in [-0.25, -0.2) is 9.59 Å². The number of methoxy groups -OCH3 is 1. The molecule has 21 heavy (non-hydrogen) atoms. The van der Waals surface area contributed by atoms with E-state index in [1.54, 1.807) is 6.08 Å². The molecule has 0 unspecified atom stereocenters. The third-order valence-electron chi connectivity index (χ3n) is 3.14. The number of benzene rings is 1. The van der Waals surface area contributed by atoms with E-state index in [1.165, 1.54) is 7.11 Å². The molecule has 0 fully saturated rings. The molecule has 0 bridgehead atoms. The summed E-state index contributed by atoms with van der Waals surface area (Å²) in [7, 11) is 1.31. The lowest BCUT2D eigenvalue weighted by Crippen LogP contribution is -2.16. The molecule has 114 valence electrons. The van der Waals surface area contributed by atoms with Crippen LogP contribution in [-0.4, -0.2) is 25.7 Å². The minimum Gasteiger partial charge on any atom is -0.466 e. The first-order valence-corrected chi connectivity index (χ1v) is 6.93. The van der Waals surface area contributed by atoms with E-state index in [4.69, 9.17) is 4.74 Å². The number of carbonyl (C=O) groups excluding carboxylic acids is 2. The highest BCUT2D eigenvalue weighted by Crippen LogP contribution is 2.18. The summed E-state index contributed by atoms with van der Waals surface area (Å²) in [5.41, 5.74) is 3.76. The van der Waals surface area contributed by atoms with Gasteiger partial charge in [-0.1, -0.05) is 30.7 Å². The standard InChI is InChI=1S/C17H22O4/c1-6-7-14(16(18)20-5)10-21-17(19)15-12(3)8-11(2)9-13(15)4/h7-9H,6,10H2,1-5H3/b14-7+. The fourth-order valence-corrected chi connectivity index (χ4v) is 2.30. The molecule has 0 atom stereocenters. The van der Waals surface area contributed by atoms with Crippen molar-refractivity contribution in [3.05, 3.63) is 46.0 Å². The Bertz CT molecular complexity index is 547. The number of rotatable bonds is 5. The largest absolute Gasteiger partial charge is 0.466 e. The fourth-order valence-electron chi connectivity index (χ4n) is 2.30. The molecular weight excluding hydrogens is 268 g/mol. The van der Waals surface area contributed by atoms with E-state index in [0.29, 0.717) is 17.6 Å². The van der Waals surface area contributed by atoms with Gasteiger partial charge in [0.25, 0.3) is 0 Å². The van der Waals surface area contributed by atoms with Crippen LogP contribution < -0.4 is 0 Å². The van der Waals surface area contributed by atoms with E-state index in [2.05, 4.69) is 4.74 Å². The van der Waals surface area contributed by atoms with Gasteiger partial charge in [0.15, 0.2) is 0 Å². The summed E-state index contributed by atoms with van der Waals surface area (Å²) in [6.07, 6.45) is 2.37. The molecule has 0 radical (unpaired) electrons. The number of aryl methyl sites for hydroxylation is 3. The smallest absolute Gasteiger partial charge is 0.339 e. The van der Waals surface area contributed by atoms with Gasteiger partial charge in [0.2, 0.25) is 0 Å². The minimum atomic E-state index is -0.470. The van der Waals surface area contributed by atoms with Crippen LogP contribution in [0.4, 0.5) is 0 Å². The molecule has 0 saturated carbocycles. The third kappa shape index (κ3) is 4.45. The fraction of sp³-hybridized carbons (Fsp3) is 0.412. The van der Waals surface area contributed by atoms with Crippen molar-refractivity contribution in [2.75, 3.05) is 13.7 Å². The second kappa shape index (κ2) is 7.62. The topological polar surface area (TPSA) is 52.6 Å². The number of carbonyl (C=O) groups is 2. The zero-order valence-corrected chi connectivity index (χ0v) is 13.3. The molecule has 1 rings (SSSR count). The van der Waals surface area contributed by atoms with Crippen molar-refractivity contribution in [2.45, 2.75) is 34.1 Å². The van der Waals surface area contributed by atoms with Crippen molar-refractivity contribution in [2.24, 2.45) is 0 Å². The summed E-state index contributed by atoms with van der Waals surface area (Å²) in [4.78, 5) is 23.8. The molecule has 0 aliphatic heterocycles. The molecule has 0 saturated heterocycles. The van der Waals surface area contributed by atoms with Crippen LogP contribution in [0, 0.1) is 20.8 Å². The molecule has 0 aliphatic rings. The first-order valence-electron chi connectivity index (χ1n) is 6.93. The van der Waals surface area contributed by atoms with Crippen molar-refractivity contribution >= 4 is 11.9 Å². The predicted molar refractivity (Wildman–Crippen MR) is 81.3 cm³/mol. The molecule has 0 spiro atoms. The van der Waals surface area contributed by atoms with E-state index in [0.717, 1.165) is 16.7 Å². The lowest BCUT2D eigenvalue weighted by atomic mass is 10.00. The van der Waals surface area contributed by atoms with Crippen LogP contribution in [0.3, 0.4) is 0 Å². The summed E-state index contributed by atoms with van der Waals surface area (Å²) < 4.78 is 9.93. The van der Waals surface area contributed by atoms with Crippen molar-refractivity contribution in [3.8, 4) is 0 Å². The number of esters is 2. The molecule has 0 aromatic heterocycles. The van der Waals surface area contributed by atoms with Gasteiger partial charge in [-0.3, -0.25) is 0 Å². The minimum absolute atomic E-state index is 0.0773. The zero-order chi connectivity index (χ0) is 16.0. The normalized spacial score (nSPS) is 11.2. The quantitative estimate of drug-likeness (QED) is 0.617. The molecule has 4 heteroatoms. The van der Waals surface area contributed by atoms with Gasteiger partial charge >= 0.3 is 11.9 Å². The van der Waals surface area contributed by atoms with Crippen molar-refractivity contribution in [3.63, 3.8) is 0 Å². The van der Waals surface area contributed by atoms with Crippen molar-refractivity contribution in [1.29, 1.82) is 0 Å². The molecule has 0 aliphatic carbocycles. The Labute approximate surface area is 125 Å². The first kappa shape index (κ1) is 17.0. The van der Waals surface area contributed by atoms with E-state index < -0.39 is 11.9 Å². The van der Waals surface area contributed by atoms with E-state index in [-0.39, 0.29) is 6.61 Å². The SMILES string of the molecule is CC/C=C(\COC(=O)c1c(C)cc(C)cc1C)C(=O)OC. The van der Waals surface area contributed by atoms with Crippen LogP contribution in [0.5, 0.6) is 0 Å². The van der Waals surface area contributed by atoms with Gasteiger partial charge in [-0.15, -0.1) is 0 Å². The van der Waals surface area contributed by atoms with Gasteiger partial charge in [-0.05, 0) is 38.3 Å². The summed E-state index contributed by atoms with van der Waals surface area (Å²) in [5, 5.41) is 0. The Balaban J connectivity index is 2.87. The first-order chi connectivity index (χ1) is 9.90. The number of ether oxygens (including phenoxy) is 2. The van der Waals surface area contributed by atoms with Gasteiger partial charge < -0.3 is 9.47 Å². The van der Waals surface area contributed by atoms with Gasteiger partial charge in [0.1, 0.15) is 6.61 Å². The number of hydrogen-bond acceptors (Lipinski definition) is 4. The second-order valence-corrected chi connectivity index (χ2v) is 4.98. The summed E-state index contributed by atoms with van der Waals surface area (Å²) in [6.45, 7) is 7.55. The average Bonchev–Trinajstić information content (AvgIpc) is 2.41. The summed E-state index contributed by atoms with van der Waals surface area (Å²) >= 11 is 0. The monoisotopic (exact) mass is 290 g/mol. The molecule has 0 amide bonds. The lowest BCUT2D eigenvalue weighted by Gasteiger charge is -2.12. The van der Waals surface area contributed by atoms with Crippen LogP contribution in [0.15, 0.2) is 23.8 Å². The van der Waals surface area contributed by atoms with Crippen LogP contribution in [0.1, 0.15) is 40.4 Å². The van der Waals surface area contributed by atoms with Crippen molar-refractivity contribution in [1.82, 2.24) is 0 Å². The molecule has 1 aromatic carbocycles. The zero-order valence-electron chi connectivity index (χ0n) is 13.3. The van der Waals surface area contributed by atoms with E-state index >= 15 is 0 Å². The third-order valence-corrected chi connectivity index (χ3v) is 3.14. The molecule has 4 nitrogen and oxygen atoms in total. The highest BCUT2D eigenvalue weighted by Gasteiger charge is 2.17. The second-order valence-electron chi connectivity index (χ2n) is 4.98. The van der Waals surface area contributed by atoms with Crippen LogP contribution in [-0.2, 0) is 14.3 Å². The Morgan fingerprint density at radius 3 is 2.19 bits per heavy atom. The van der Waals surface area contributed by atoms with Crippen LogP contribution >= 0.6 is 0 Å². The van der Waals surface area contributed by atoms with Gasteiger partial charge in [0, 0.05) is 0 Å². The summed E-state index contributed by atoms with van der Waals surface area (Å²) in [6, 6.07) is 3.87. The maximum absolute atomic E-state index is 12.2. The number of hydrogen-bond donors (Lipinski definition) is 0. The highest BCUT2D eigenvalue weighted by molar-refractivity contribution is 5.94. The maximum atomic E-state index is 12.2. The van der Waals surface area contributed by atoms with E-state index in [1.807, 2.05) is 39.8 Å². The molecule has 0 N–H and O–H groups in total. The Morgan fingerprint density at radius 2 is 1.71 bits per heavy atom. The van der Waals surface area contributed by atoms with Crippen LogP contribution in [0.25, 0.3) is 0 Å². The molecule has 1 aromatic rings. The summed E-state index contributed by atoms with van der Waals surface area (Å²) in [5.74, 6) is -0.891. The highest BCUT2D eigenvalue weighted by atomic mass is 16.5. The van der Waals surface area contributed by atoms with Gasteiger partial charge in [-0.2, -0.15) is 0 Å². The van der Waals surface area contributed by atoms with Crippen LogP contribution in [0.2, 0.25) is 0 Å². The van der Waals surface area contributed by atoms with Gasteiger partial charge in [0.05, 0.1) is 18.2 Å². The Hall–Kier alpha value is -2.10. The molecule has 0 heterocycles. The lowest BCUT2D eigenvalue weighted by molar-refractivity contribution is -0.136. The average molecular weight is 290 g/mol. The Kier molecular flexibility index (Phi) is 6.15.